The maximum Gasteiger partial charge on any atom is 0.416 e. The highest BCUT2D eigenvalue weighted by Crippen LogP contribution is 2.39. The first-order valence-corrected chi connectivity index (χ1v) is 10.5. The Kier molecular flexibility index (Phi) is 7.26. The zero-order chi connectivity index (χ0) is 22.6. The molecule has 168 valence electrons. The molecule has 0 heterocycles. The molecular formula is C24H28F3NO3. The third kappa shape index (κ3) is 5.39. The molecule has 0 aliphatic heterocycles. The summed E-state index contributed by atoms with van der Waals surface area (Å²) in [5, 5.41) is 11.1. The first-order chi connectivity index (χ1) is 14.7. The van der Waals surface area contributed by atoms with Gasteiger partial charge in [-0.1, -0.05) is 31.4 Å². The van der Waals surface area contributed by atoms with Gasteiger partial charge in [-0.25, -0.2) is 0 Å². The second-order valence-electron chi connectivity index (χ2n) is 8.08. The van der Waals surface area contributed by atoms with Crippen LogP contribution in [0.25, 0.3) is 0 Å². The topological polar surface area (TPSA) is 49.8 Å². The second-order valence-corrected chi connectivity index (χ2v) is 8.08. The van der Waals surface area contributed by atoms with E-state index < -0.39 is 23.8 Å². The zero-order valence-corrected chi connectivity index (χ0v) is 17.7. The summed E-state index contributed by atoms with van der Waals surface area (Å²) in [5.41, 5.74) is 0.200. The lowest BCUT2D eigenvalue weighted by Gasteiger charge is -2.35. The molecule has 1 aliphatic carbocycles. The molecule has 0 spiro atoms. The average Bonchev–Trinajstić information content (AvgIpc) is 2.79. The molecule has 2 aromatic carbocycles. The van der Waals surface area contributed by atoms with E-state index >= 15 is 0 Å². The van der Waals surface area contributed by atoms with Crippen LogP contribution in [0.1, 0.15) is 49.3 Å². The van der Waals surface area contributed by atoms with Crippen molar-refractivity contribution in [3.8, 4) is 5.75 Å². The molecule has 0 bridgehead atoms. The van der Waals surface area contributed by atoms with Gasteiger partial charge in [-0.2, -0.15) is 13.2 Å². The lowest BCUT2D eigenvalue weighted by atomic mass is 9.75. The quantitative estimate of drug-likeness (QED) is 0.642. The molecule has 31 heavy (non-hydrogen) atoms. The maximum absolute atomic E-state index is 13.5. The molecule has 0 saturated heterocycles. The van der Waals surface area contributed by atoms with Gasteiger partial charge in [-0.05, 0) is 60.7 Å². The molecule has 1 aliphatic rings. The smallest absolute Gasteiger partial charge is 0.416 e. The predicted molar refractivity (Wildman–Crippen MR) is 113 cm³/mol. The molecule has 1 amide bonds. The van der Waals surface area contributed by atoms with E-state index in [2.05, 4.69) is 0 Å². The largest absolute Gasteiger partial charge is 0.497 e. The Balaban J connectivity index is 1.88. The lowest BCUT2D eigenvalue weighted by molar-refractivity contribution is -0.137. The fourth-order valence-corrected chi connectivity index (χ4v) is 4.32. The first kappa shape index (κ1) is 23.1. The summed E-state index contributed by atoms with van der Waals surface area (Å²) in [6.45, 7) is 0. The van der Waals surface area contributed by atoms with Gasteiger partial charge in [0, 0.05) is 12.7 Å². The summed E-state index contributed by atoms with van der Waals surface area (Å²) < 4.78 is 43.9. The van der Waals surface area contributed by atoms with Crippen molar-refractivity contribution in [2.24, 2.45) is 11.8 Å². The molecule has 0 radical (unpaired) electrons. The van der Waals surface area contributed by atoms with Gasteiger partial charge in [0.25, 0.3) is 0 Å². The number of nitrogens with zero attached hydrogens (tertiary/aromatic N) is 1. The van der Waals surface area contributed by atoms with E-state index in [9.17, 15) is 23.1 Å². The Morgan fingerprint density at radius 3 is 2.13 bits per heavy atom. The fraction of sp³-hybridized carbons (Fsp3) is 0.458. The monoisotopic (exact) mass is 435 g/mol. The van der Waals surface area contributed by atoms with E-state index in [-0.39, 0.29) is 11.8 Å². The Morgan fingerprint density at radius 1 is 1.03 bits per heavy atom. The summed E-state index contributed by atoms with van der Waals surface area (Å²) >= 11 is 0. The van der Waals surface area contributed by atoms with Crippen molar-refractivity contribution in [3.63, 3.8) is 0 Å². The van der Waals surface area contributed by atoms with Crippen LogP contribution in [0.4, 0.5) is 18.9 Å². The minimum absolute atomic E-state index is 0.0285. The average molecular weight is 435 g/mol. The van der Waals surface area contributed by atoms with Crippen LogP contribution < -0.4 is 9.64 Å². The van der Waals surface area contributed by atoms with Crippen LogP contribution in [-0.4, -0.2) is 25.2 Å². The van der Waals surface area contributed by atoms with Crippen LogP contribution in [0.3, 0.4) is 0 Å². The van der Waals surface area contributed by atoms with Crippen molar-refractivity contribution >= 4 is 11.6 Å². The number of carbonyl (C=O) groups is 1. The van der Waals surface area contributed by atoms with Crippen molar-refractivity contribution in [1.82, 2.24) is 0 Å². The molecule has 1 fully saturated rings. The summed E-state index contributed by atoms with van der Waals surface area (Å²) in [4.78, 5) is 15.0. The van der Waals surface area contributed by atoms with E-state index in [4.69, 9.17) is 4.74 Å². The van der Waals surface area contributed by atoms with Gasteiger partial charge in [0.1, 0.15) is 5.75 Å². The third-order valence-corrected chi connectivity index (χ3v) is 6.15. The second kappa shape index (κ2) is 9.73. The van der Waals surface area contributed by atoms with Crippen molar-refractivity contribution < 1.29 is 27.8 Å². The summed E-state index contributed by atoms with van der Waals surface area (Å²) in [7, 11) is 3.21. The van der Waals surface area contributed by atoms with Gasteiger partial charge in [0.2, 0.25) is 5.91 Å². The van der Waals surface area contributed by atoms with E-state index in [1.807, 2.05) is 0 Å². The van der Waals surface area contributed by atoms with Gasteiger partial charge in [0.05, 0.1) is 24.7 Å². The number of hydrogen-bond acceptors (Lipinski definition) is 3. The number of halogens is 3. The van der Waals surface area contributed by atoms with Crippen LogP contribution in [0, 0.1) is 11.8 Å². The maximum atomic E-state index is 13.5. The van der Waals surface area contributed by atoms with Gasteiger partial charge >= 0.3 is 6.18 Å². The molecule has 2 atom stereocenters. The number of ether oxygens (including phenoxy) is 1. The minimum Gasteiger partial charge on any atom is -0.497 e. The van der Waals surface area contributed by atoms with E-state index in [0.717, 1.165) is 44.2 Å². The van der Waals surface area contributed by atoms with Crippen molar-refractivity contribution in [1.29, 1.82) is 0 Å². The van der Waals surface area contributed by atoms with E-state index in [1.165, 1.54) is 17.0 Å². The first-order valence-electron chi connectivity index (χ1n) is 10.5. The summed E-state index contributed by atoms with van der Waals surface area (Å²) in [6.07, 6.45) is -0.979. The van der Waals surface area contributed by atoms with Crippen molar-refractivity contribution in [3.05, 3.63) is 59.7 Å². The highest BCUT2D eigenvalue weighted by Gasteiger charge is 2.38. The number of carbonyl (C=O) groups excluding carboxylic acids is 1. The number of methoxy groups -OCH3 is 1. The normalized spacial score (nSPS) is 17.1. The van der Waals surface area contributed by atoms with Crippen LogP contribution in [0.2, 0.25) is 0 Å². The number of aliphatic hydroxyl groups is 1. The highest BCUT2D eigenvalue weighted by molar-refractivity contribution is 5.95. The molecule has 1 N–H and O–H groups in total. The van der Waals surface area contributed by atoms with Gasteiger partial charge < -0.3 is 14.7 Å². The molecular weight excluding hydrogens is 407 g/mol. The van der Waals surface area contributed by atoms with Crippen molar-refractivity contribution in [2.75, 3.05) is 19.1 Å². The molecule has 0 unspecified atom stereocenters. The molecule has 0 aromatic heterocycles. The molecule has 4 nitrogen and oxygen atoms in total. The summed E-state index contributed by atoms with van der Waals surface area (Å²) in [5.74, 6) is -0.342. The number of anilines is 1. The Hall–Kier alpha value is -2.54. The van der Waals surface area contributed by atoms with Crippen LogP contribution in [-0.2, 0) is 11.0 Å². The number of aliphatic hydroxyl groups excluding tert-OH is 1. The Morgan fingerprint density at radius 2 is 1.61 bits per heavy atom. The number of rotatable bonds is 6. The van der Waals surface area contributed by atoms with Crippen LogP contribution in [0.5, 0.6) is 5.75 Å². The zero-order valence-electron chi connectivity index (χ0n) is 17.7. The number of amides is 1. The SMILES string of the molecule is COc1ccc(N(C)C(=O)[C@H](C2CCCCC2)[C@H](O)c2ccc(C(F)(F)F)cc2)cc1. The van der Waals surface area contributed by atoms with E-state index in [1.54, 1.807) is 38.4 Å². The Bertz CT molecular complexity index is 859. The van der Waals surface area contributed by atoms with Crippen molar-refractivity contribution in [2.45, 2.75) is 44.4 Å². The van der Waals surface area contributed by atoms with Crippen LogP contribution in [0.15, 0.2) is 48.5 Å². The lowest BCUT2D eigenvalue weighted by Crippen LogP contribution is -2.40. The number of alkyl halides is 3. The molecule has 7 heteroatoms. The predicted octanol–water partition coefficient (Wildman–Crippen LogP) is 5.61. The number of hydrogen-bond donors (Lipinski definition) is 1. The third-order valence-electron chi connectivity index (χ3n) is 6.15. The molecule has 1 saturated carbocycles. The summed E-state index contributed by atoms with van der Waals surface area (Å²) in [6, 6.07) is 11.5. The molecule has 2 aromatic rings. The Labute approximate surface area is 180 Å². The van der Waals surface area contributed by atoms with Gasteiger partial charge in [-0.3, -0.25) is 4.79 Å². The van der Waals surface area contributed by atoms with Crippen LogP contribution >= 0.6 is 0 Å². The fourth-order valence-electron chi connectivity index (χ4n) is 4.32. The van der Waals surface area contributed by atoms with Gasteiger partial charge in [0.15, 0.2) is 0 Å². The molecule has 3 rings (SSSR count). The highest BCUT2D eigenvalue weighted by atomic mass is 19.4. The number of benzene rings is 2. The van der Waals surface area contributed by atoms with E-state index in [0.29, 0.717) is 17.0 Å². The standard InChI is InChI=1S/C24H28F3NO3/c1-28(19-12-14-20(31-2)15-13-19)23(30)21(16-6-4-3-5-7-16)22(29)17-8-10-18(11-9-17)24(25,26)27/h8-16,21-22,29H,3-7H2,1-2H3/t21-,22-/m1/s1. The minimum atomic E-state index is -4.45. The van der Waals surface area contributed by atoms with Gasteiger partial charge in [-0.15, -0.1) is 0 Å².